The first kappa shape index (κ1) is 11.7. The molecule has 0 bridgehead atoms. The van der Waals surface area contributed by atoms with Gasteiger partial charge in [-0.3, -0.25) is 0 Å². The number of aromatic nitrogens is 1. The predicted octanol–water partition coefficient (Wildman–Crippen LogP) is 3.24. The van der Waals surface area contributed by atoms with Crippen LogP contribution in [-0.2, 0) is 0 Å². The van der Waals surface area contributed by atoms with E-state index in [0.29, 0.717) is 0 Å². The van der Waals surface area contributed by atoms with Crippen molar-refractivity contribution in [2.75, 3.05) is 5.73 Å². The minimum atomic E-state index is -0.929. The van der Waals surface area contributed by atoms with Gasteiger partial charge in [0.1, 0.15) is 4.83 Å². The molecule has 3 aromatic rings. The lowest BCUT2D eigenvalue weighted by atomic mass is 10.0. The van der Waals surface area contributed by atoms with E-state index >= 15 is 0 Å². The van der Waals surface area contributed by atoms with Gasteiger partial charge in [-0.1, -0.05) is 12.1 Å². The van der Waals surface area contributed by atoms with Gasteiger partial charge in [0, 0.05) is 22.5 Å². The van der Waals surface area contributed by atoms with Gasteiger partial charge in [-0.2, -0.15) is 0 Å². The van der Waals surface area contributed by atoms with Gasteiger partial charge in [-0.15, -0.1) is 11.3 Å². The Bertz CT molecular complexity index is 763. The molecule has 19 heavy (non-hydrogen) atoms. The zero-order valence-electron chi connectivity index (χ0n) is 9.83. The second-order valence-corrected chi connectivity index (χ2v) is 5.01. The van der Waals surface area contributed by atoms with Gasteiger partial charge in [0.05, 0.1) is 11.3 Å². The molecule has 94 valence electrons. The van der Waals surface area contributed by atoms with Crippen LogP contribution in [0.4, 0.5) is 5.69 Å². The van der Waals surface area contributed by atoms with Crippen LogP contribution in [0.5, 0.6) is 0 Å². The highest BCUT2D eigenvalue weighted by atomic mass is 32.1. The van der Waals surface area contributed by atoms with E-state index in [1.165, 1.54) is 11.3 Å². The lowest BCUT2D eigenvalue weighted by Gasteiger charge is -2.02. The molecule has 2 aromatic heterocycles. The molecule has 0 radical (unpaired) electrons. The second kappa shape index (κ2) is 4.37. The number of pyridine rings is 1. The van der Waals surface area contributed by atoms with Crippen molar-refractivity contribution in [1.82, 2.24) is 4.98 Å². The fourth-order valence-electron chi connectivity index (χ4n) is 1.90. The topological polar surface area (TPSA) is 76.2 Å². The number of rotatable bonds is 2. The Kier molecular flexibility index (Phi) is 2.68. The van der Waals surface area contributed by atoms with E-state index in [1.807, 2.05) is 11.4 Å². The Balaban J connectivity index is 2.08. The lowest BCUT2D eigenvalue weighted by Crippen LogP contribution is -1.95. The minimum Gasteiger partial charge on any atom is -0.478 e. The number of hydrogen-bond donors (Lipinski definition) is 2. The van der Waals surface area contributed by atoms with Crippen molar-refractivity contribution in [3.8, 4) is 11.1 Å². The van der Waals surface area contributed by atoms with E-state index in [2.05, 4.69) is 4.98 Å². The quantitative estimate of drug-likeness (QED) is 0.749. The summed E-state index contributed by atoms with van der Waals surface area (Å²) in [5.74, 6) is -0.929. The molecular formula is C14H10N2O2S. The molecule has 0 fully saturated rings. The highest BCUT2D eigenvalue weighted by Crippen LogP contribution is 2.30. The van der Waals surface area contributed by atoms with Crippen molar-refractivity contribution in [3.63, 3.8) is 0 Å². The SMILES string of the molecule is Nc1csc2ncc(-c3ccc(C(=O)O)cc3)cc12. The number of aromatic carboxylic acids is 1. The molecule has 4 nitrogen and oxygen atoms in total. The summed E-state index contributed by atoms with van der Waals surface area (Å²) in [6.45, 7) is 0. The Morgan fingerprint density at radius 3 is 2.63 bits per heavy atom. The lowest BCUT2D eigenvalue weighted by molar-refractivity contribution is 0.0697. The molecule has 0 spiro atoms. The molecule has 1 aromatic carbocycles. The third kappa shape index (κ3) is 2.04. The van der Waals surface area contributed by atoms with Crippen molar-refractivity contribution in [1.29, 1.82) is 0 Å². The summed E-state index contributed by atoms with van der Waals surface area (Å²) < 4.78 is 0. The summed E-state index contributed by atoms with van der Waals surface area (Å²) in [5.41, 5.74) is 8.72. The van der Waals surface area contributed by atoms with Crippen LogP contribution in [0.1, 0.15) is 10.4 Å². The predicted molar refractivity (Wildman–Crippen MR) is 76.4 cm³/mol. The van der Waals surface area contributed by atoms with Gasteiger partial charge >= 0.3 is 5.97 Å². The van der Waals surface area contributed by atoms with Crippen LogP contribution in [0.3, 0.4) is 0 Å². The summed E-state index contributed by atoms with van der Waals surface area (Å²) in [5, 5.41) is 11.7. The van der Waals surface area contributed by atoms with Crippen LogP contribution in [0.2, 0.25) is 0 Å². The molecule has 0 saturated heterocycles. The maximum atomic E-state index is 10.8. The first-order valence-corrected chi connectivity index (χ1v) is 6.49. The van der Waals surface area contributed by atoms with E-state index < -0.39 is 5.97 Å². The molecule has 0 unspecified atom stereocenters. The zero-order chi connectivity index (χ0) is 13.4. The molecule has 0 amide bonds. The first-order chi connectivity index (χ1) is 9.15. The summed E-state index contributed by atoms with van der Waals surface area (Å²) in [7, 11) is 0. The van der Waals surface area contributed by atoms with Crippen LogP contribution in [0.15, 0.2) is 41.9 Å². The third-order valence-electron chi connectivity index (χ3n) is 2.92. The summed E-state index contributed by atoms with van der Waals surface area (Å²) >= 11 is 1.51. The zero-order valence-corrected chi connectivity index (χ0v) is 10.6. The number of nitrogens with zero attached hydrogens (tertiary/aromatic N) is 1. The molecule has 0 atom stereocenters. The maximum Gasteiger partial charge on any atom is 0.335 e. The van der Waals surface area contributed by atoms with Crippen LogP contribution in [-0.4, -0.2) is 16.1 Å². The average molecular weight is 270 g/mol. The van der Waals surface area contributed by atoms with E-state index in [1.54, 1.807) is 30.5 Å². The van der Waals surface area contributed by atoms with Gasteiger partial charge in [0.25, 0.3) is 0 Å². The molecule has 3 N–H and O–H groups in total. The van der Waals surface area contributed by atoms with Crippen LogP contribution >= 0.6 is 11.3 Å². The molecular weight excluding hydrogens is 260 g/mol. The Morgan fingerprint density at radius 1 is 1.21 bits per heavy atom. The normalized spacial score (nSPS) is 10.7. The number of carbonyl (C=O) groups is 1. The number of hydrogen-bond acceptors (Lipinski definition) is 4. The molecule has 0 aliphatic rings. The number of anilines is 1. The summed E-state index contributed by atoms with van der Waals surface area (Å²) in [4.78, 5) is 16.1. The van der Waals surface area contributed by atoms with Gasteiger partial charge < -0.3 is 10.8 Å². The summed E-state index contributed by atoms with van der Waals surface area (Å²) in [6, 6.07) is 8.69. The van der Waals surface area contributed by atoms with E-state index in [0.717, 1.165) is 27.0 Å². The van der Waals surface area contributed by atoms with E-state index in [9.17, 15) is 4.79 Å². The standard InChI is InChI=1S/C14H10N2O2S/c15-12-7-19-13-11(12)5-10(6-16-13)8-1-3-9(4-2-8)14(17)18/h1-7H,15H2,(H,17,18). The Morgan fingerprint density at radius 2 is 1.95 bits per heavy atom. The van der Waals surface area contributed by atoms with Crippen molar-refractivity contribution in [2.24, 2.45) is 0 Å². The van der Waals surface area contributed by atoms with Gasteiger partial charge in [-0.05, 0) is 23.8 Å². The van der Waals surface area contributed by atoms with E-state index in [4.69, 9.17) is 10.8 Å². The fraction of sp³-hybridized carbons (Fsp3) is 0. The summed E-state index contributed by atoms with van der Waals surface area (Å²) in [6.07, 6.45) is 1.77. The Labute approximate surface area is 113 Å². The number of fused-ring (bicyclic) bond motifs is 1. The van der Waals surface area contributed by atoms with Crippen LogP contribution < -0.4 is 5.73 Å². The minimum absolute atomic E-state index is 0.271. The number of nitrogen functional groups attached to an aromatic ring is 1. The smallest absolute Gasteiger partial charge is 0.335 e. The van der Waals surface area contributed by atoms with Crippen LogP contribution in [0, 0.1) is 0 Å². The Hall–Kier alpha value is -2.40. The van der Waals surface area contributed by atoms with Gasteiger partial charge in [-0.25, -0.2) is 9.78 Å². The van der Waals surface area contributed by atoms with Crippen molar-refractivity contribution in [2.45, 2.75) is 0 Å². The number of thiophene rings is 1. The largest absolute Gasteiger partial charge is 0.478 e. The first-order valence-electron chi connectivity index (χ1n) is 5.61. The number of nitrogens with two attached hydrogens (primary N) is 1. The number of benzene rings is 1. The molecule has 0 aliphatic carbocycles. The van der Waals surface area contributed by atoms with Crippen molar-refractivity contribution in [3.05, 3.63) is 47.5 Å². The monoisotopic (exact) mass is 270 g/mol. The molecule has 0 aliphatic heterocycles. The number of carboxylic acids is 1. The highest BCUT2D eigenvalue weighted by Gasteiger charge is 2.06. The molecule has 0 saturated carbocycles. The maximum absolute atomic E-state index is 10.8. The molecule has 3 rings (SSSR count). The molecule has 2 heterocycles. The number of carboxylic acid groups (broad SMARTS) is 1. The average Bonchev–Trinajstić information content (AvgIpc) is 2.80. The van der Waals surface area contributed by atoms with Crippen molar-refractivity contribution < 1.29 is 9.90 Å². The van der Waals surface area contributed by atoms with E-state index in [-0.39, 0.29) is 5.56 Å². The van der Waals surface area contributed by atoms with Gasteiger partial charge in [0.2, 0.25) is 0 Å². The third-order valence-corrected chi connectivity index (χ3v) is 3.85. The van der Waals surface area contributed by atoms with Crippen molar-refractivity contribution >= 4 is 33.2 Å². The van der Waals surface area contributed by atoms with Crippen LogP contribution in [0.25, 0.3) is 21.3 Å². The highest BCUT2D eigenvalue weighted by molar-refractivity contribution is 7.17. The fourth-order valence-corrected chi connectivity index (χ4v) is 2.68. The molecule has 5 heteroatoms. The van der Waals surface area contributed by atoms with Gasteiger partial charge in [0.15, 0.2) is 0 Å². The second-order valence-electron chi connectivity index (χ2n) is 4.15.